The number of hydrogen-bond acceptors (Lipinski definition) is 0. The minimum atomic E-state index is 0.611. The zero-order valence-electron chi connectivity index (χ0n) is 7.68. The molecule has 0 aliphatic rings. The van der Waals surface area contributed by atoms with Crippen molar-refractivity contribution in [2.75, 3.05) is 5.88 Å². The predicted molar refractivity (Wildman–Crippen MR) is 55.0 cm³/mol. The molecule has 0 amide bonds. The third-order valence-electron chi connectivity index (χ3n) is 2.00. The highest BCUT2D eigenvalue weighted by Crippen LogP contribution is 2.15. The highest BCUT2D eigenvalue weighted by atomic mass is 35.5. The van der Waals surface area contributed by atoms with Gasteiger partial charge in [0.15, 0.2) is 0 Å². The topological polar surface area (TPSA) is 0 Å². The Morgan fingerprint density at radius 1 is 1.33 bits per heavy atom. The molecule has 0 N–H and O–H groups in total. The van der Waals surface area contributed by atoms with Crippen LogP contribution in [0.2, 0.25) is 0 Å². The summed E-state index contributed by atoms with van der Waals surface area (Å²) in [5.41, 5.74) is 2.74. The van der Waals surface area contributed by atoms with E-state index in [0.717, 1.165) is 6.42 Å². The van der Waals surface area contributed by atoms with Crippen molar-refractivity contribution in [3.8, 4) is 0 Å². The molecular formula is C11H15Cl. The van der Waals surface area contributed by atoms with Gasteiger partial charge < -0.3 is 0 Å². The van der Waals surface area contributed by atoms with Crippen LogP contribution in [0.5, 0.6) is 0 Å². The summed E-state index contributed by atoms with van der Waals surface area (Å²) >= 11 is 5.67. The minimum Gasteiger partial charge on any atom is -0.126 e. The summed E-state index contributed by atoms with van der Waals surface area (Å²) in [5, 5.41) is 0. The maximum absolute atomic E-state index is 5.67. The Balaban J connectivity index is 2.81. The summed E-state index contributed by atoms with van der Waals surface area (Å²) < 4.78 is 0. The number of rotatable bonds is 3. The Labute approximate surface area is 79.6 Å². The van der Waals surface area contributed by atoms with Crippen molar-refractivity contribution < 1.29 is 0 Å². The summed E-state index contributed by atoms with van der Waals surface area (Å²) in [6, 6.07) is 8.65. The smallest absolute Gasteiger partial charge is 0.0263 e. The standard InChI is InChI=1S/C11H15Cl/c1-9(2)11-5-3-4-10(8-11)6-7-12/h3-5,8-9H,6-7H2,1-2H3. The van der Waals surface area contributed by atoms with Gasteiger partial charge in [-0.25, -0.2) is 0 Å². The molecule has 0 fully saturated rings. The van der Waals surface area contributed by atoms with E-state index in [1.165, 1.54) is 11.1 Å². The van der Waals surface area contributed by atoms with E-state index in [1.807, 2.05) is 0 Å². The Morgan fingerprint density at radius 2 is 2.08 bits per heavy atom. The van der Waals surface area contributed by atoms with Gasteiger partial charge in [-0.3, -0.25) is 0 Å². The zero-order valence-corrected chi connectivity index (χ0v) is 8.43. The molecule has 0 heterocycles. The van der Waals surface area contributed by atoms with Crippen LogP contribution < -0.4 is 0 Å². The second kappa shape index (κ2) is 4.51. The molecule has 0 aromatic heterocycles. The van der Waals surface area contributed by atoms with Gasteiger partial charge >= 0.3 is 0 Å². The summed E-state index contributed by atoms with van der Waals surface area (Å²) in [6.07, 6.45) is 0.974. The first kappa shape index (κ1) is 9.60. The van der Waals surface area contributed by atoms with Crippen LogP contribution in [0.1, 0.15) is 30.9 Å². The molecule has 0 nitrogen and oxygen atoms in total. The summed E-state index contributed by atoms with van der Waals surface area (Å²) in [6.45, 7) is 4.42. The maximum atomic E-state index is 5.67. The van der Waals surface area contributed by atoms with Crippen LogP contribution in [0, 0.1) is 0 Å². The molecule has 1 rings (SSSR count). The van der Waals surface area contributed by atoms with Gasteiger partial charge in [-0.1, -0.05) is 38.1 Å². The lowest BCUT2D eigenvalue weighted by Gasteiger charge is -2.06. The highest BCUT2D eigenvalue weighted by Gasteiger charge is 1.99. The fourth-order valence-electron chi connectivity index (χ4n) is 1.22. The molecule has 0 spiro atoms. The van der Waals surface area contributed by atoms with Gasteiger partial charge in [0.25, 0.3) is 0 Å². The fraction of sp³-hybridized carbons (Fsp3) is 0.455. The number of halogens is 1. The van der Waals surface area contributed by atoms with E-state index >= 15 is 0 Å². The van der Waals surface area contributed by atoms with Crippen molar-refractivity contribution in [2.24, 2.45) is 0 Å². The number of aryl methyl sites for hydroxylation is 1. The summed E-state index contributed by atoms with van der Waals surface area (Å²) in [4.78, 5) is 0. The van der Waals surface area contributed by atoms with Gasteiger partial charge in [0.05, 0.1) is 0 Å². The average molecular weight is 183 g/mol. The molecule has 0 radical (unpaired) electrons. The third-order valence-corrected chi connectivity index (χ3v) is 2.19. The molecule has 0 aliphatic heterocycles. The quantitative estimate of drug-likeness (QED) is 0.627. The minimum absolute atomic E-state index is 0.611. The van der Waals surface area contributed by atoms with Crippen molar-refractivity contribution in [2.45, 2.75) is 26.2 Å². The number of benzene rings is 1. The summed E-state index contributed by atoms with van der Waals surface area (Å²) in [5.74, 6) is 1.32. The Hall–Kier alpha value is -0.490. The first-order valence-corrected chi connectivity index (χ1v) is 4.92. The van der Waals surface area contributed by atoms with E-state index in [4.69, 9.17) is 11.6 Å². The molecule has 1 aromatic rings. The largest absolute Gasteiger partial charge is 0.126 e. The van der Waals surface area contributed by atoms with Gasteiger partial charge in [-0.15, -0.1) is 11.6 Å². The average Bonchev–Trinajstić information content (AvgIpc) is 2.05. The lowest BCUT2D eigenvalue weighted by atomic mass is 10.0. The lowest BCUT2D eigenvalue weighted by Crippen LogP contribution is -1.91. The lowest BCUT2D eigenvalue weighted by molar-refractivity contribution is 0.862. The monoisotopic (exact) mass is 182 g/mol. The van der Waals surface area contributed by atoms with Gasteiger partial charge in [0.2, 0.25) is 0 Å². The molecule has 1 aromatic carbocycles. The van der Waals surface area contributed by atoms with Gasteiger partial charge in [-0.05, 0) is 23.5 Å². The molecule has 12 heavy (non-hydrogen) atoms. The van der Waals surface area contributed by atoms with Crippen LogP contribution >= 0.6 is 11.6 Å². The summed E-state index contributed by atoms with van der Waals surface area (Å²) in [7, 11) is 0. The first-order chi connectivity index (χ1) is 5.74. The van der Waals surface area contributed by atoms with Crippen molar-refractivity contribution in [1.29, 1.82) is 0 Å². The number of alkyl halides is 1. The van der Waals surface area contributed by atoms with E-state index in [-0.39, 0.29) is 0 Å². The van der Waals surface area contributed by atoms with Gasteiger partial charge in [-0.2, -0.15) is 0 Å². The van der Waals surface area contributed by atoms with Crippen molar-refractivity contribution in [3.63, 3.8) is 0 Å². The van der Waals surface area contributed by atoms with Gasteiger partial charge in [0, 0.05) is 5.88 Å². The fourth-order valence-corrected chi connectivity index (χ4v) is 1.44. The SMILES string of the molecule is CC(C)c1cccc(CCCl)c1. The molecule has 0 bridgehead atoms. The number of hydrogen-bond donors (Lipinski definition) is 0. The highest BCUT2D eigenvalue weighted by molar-refractivity contribution is 6.17. The second-order valence-electron chi connectivity index (χ2n) is 3.34. The second-order valence-corrected chi connectivity index (χ2v) is 3.72. The van der Waals surface area contributed by atoms with Crippen LogP contribution in [0.4, 0.5) is 0 Å². The third kappa shape index (κ3) is 2.53. The van der Waals surface area contributed by atoms with Crippen molar-refractivity contribution in [3.05, 3.63) is 35.4 Å². The molecule has 0 aliphatic carbocycles. The van der Waals surface area contributed by atoms with Crippen LogP contribution in [0.15, 0.2) is 24.3 Å². The van der Waals surface area contributed by atoms with Crippen molar-refractivity contribution >= 4 is 11.6 Å². The van der Waals surface area contributed by atoms with Crippen LogP contribution in [-0.2, 0) is 6.42 Å². The molecule has 0 saturated heterocycles. The van der Waals surface area contributed by atoms with E-state index in [1.54, 1.807) is 0 Å². The molecule has 66 valence electrons. The maximum Gasteiger partial charge on any atom is 0.0263 e. The van der Waals surface area contributed by atoms with Crippen LogP contribution in [0.3, 0.4) is 0 Å². The Kier molecular flexibility index (Phi) is 3.61. The normalized spacial score (nSPS) is 10.7. The van der Waals surface area contributed by atoms with Crippen LogP contribution in [-0.4, -0.2) is 5.88 Å². The Bertz CT molecular complexity index is 241. The first-order valence-electron chi connectivity index (χ1n) is 4.39. The zero-order chi connectivity index (χ0) is 8.97. The van der Waals surface area contributed by atoms with E-state index < -0.39 is 0 Å². The predicted octanol–water partition coefficient (Wildman–Crippen LogP) is 3.59. The van der Waals surface area contributed by atoms with Gasteiger partial charge in [0.1, 0.15) is 0 Å². The molecule has 0 saturated carbocycles. The van der Waals surface area contributed by atoms with Crippen LogP contribution in [0.25, 0.3) is 0 Å². The van der Waals surface area contributed by atoms with E-state index in [9.17, 15) is 0 Å². The molecule has 1 heteroatoms. The molecular weight excluding hydrogens is 168 g/mol. The van der Waals surface area contributed by atoms with E-state index in [2.05, 4.69) is 38.1 Å². The molecule has 0 unspecified atom stereocenters. The molecule has 0 atom stereocenters. The Morgan fingerprint density at radius 3 is 2.67 bits per heavy atom. The van der Waals surface area contributed by atoms with Crippen molar-refractivity contribution in [1.82, 2.24) is 0 Å². The van der Waals surface area contributed by atoms with E-state index in [0.29, 0.717) is 11.8 Å².